The monoisotopic (exact) mass is 415 g/mol. The van der Waals surface area contributed by atoms with Crippen molar-refractivity contribution in [2.24, 2.45) is 11.3 Å². The van der Waals surface area contributed by atoms with Crippen molar-refractivity contribution in [3.8, 4) is 0 Å². The van der Waals surface area contributed by atoms with Crippen LogP contribution >= 0.6 is 15.9 Å². The number of carbonyl (C=O) groups excluding carboxylic acids is 2. The van der Waals surface area contributed by atoms with Crippen LogP contribution in [-0.4, -0.2) is 18.5 Å². The Balaban J connectivity index is 1.47. The van der Waals surface area contributed by atoms with Crippen molar-refractivity contribution in [2.75, 3.05) is 11.9 Å². The Morgan fingerprint density at radius 3 is 2.73 bits per heavy atom. The Bertz CT molecular complexity index is 885. The highest BCUT2D eigenvalue weighted by atomic mass is 79.9. The Labute approximate surface area is 159 Å². The number of allylic oxidation sites excluding steroid dienone is 1. The van der Waals surface area contributed by atoms with Gasteiger partial charge < -0.3 is 14.5 Å². The number of fused-ring (bicyclic) bond motifs is 1. The van der Waals surface area contributed by atoms with E-state index in [-0.39, 0.29) is 23.6 Å². The number of furan rings is 1. The lowest BCUT2D eigenvalue weighted by Gasteiger charge is -2.24. The molecule has 0 bridgehead atoms. The largest absolute Gasteiger partial charge is 0.465 e. The second kappa shape index (κ2) is 6.43. The predicted molar refractivity (Wildman–Crippen MR) is 99.8 cm³/mol. The summed E-state index contributed by atoms with van der Waals surface area (Å²) in [5.41, 5.74) is 2.37. The summed E-state index contributed by atoms with van der Waals surface area (Å²) in [6.07, 6.45) is 2.19. The number of nitrogens with one attached hydrogen (secondary N) is 1. The zero-order valence-corrected chi connectivity index (χ0v) is 15.7. The fourth-order valence-corrected chi connectivity index (χ4v) is 4.27. The molecule has 2 fully saturated rings. The lowest BCUT2D eigenvalue weighted by Crippen LogP contribution is -2.31. The fourth-order valence-electron chi connectivity index (χ4n) is 3.96. The standard InChI is InChI=1S/C20H18BrNO4/c1-12-8-14-11-25-19(24)20(14,9-12)10-13-2-4-15(5-3-13)22-18(23)16-6-7-17(21)26-16/h2-7,14H,1,8-11H2,(H,22,23). The van der Waals surface area contributed by atoms with Crippen molar-refractivity contribution in [1.29, 1.82) is 0 Å². The predicted octanol–water partition coefficient (Wildman–Crippen LogP) is 4.35. The molecule has 6 heteroatoms. The van der Waals surface area contributed by atoms with E-state index in [1.807, 2.05) is 24.3 Å². The average molecular weight is 416 g/mol. The van der Waals surface area contributed by atoms with Crippen LogP contribution < -0.4 is 5.32 Å². The van der Waals surface area contributed by atoms with E-state index in [1.54, 1.807) is 12.1 Å². The van der Waals surface area contributed by atoms with Crippen molar-refractivity contribution >= 4 is 33.5 Å². The summed E-state index contributed by atoms with van der Waals surface area (Å²) in [7, 11) is 0. The van der Waals surface area contributed by atoms with E-state index >= 15 is 0 Å². The van der Waals surface area contributed by atoms with Crippen LogP contribution in [0.5, 0.6) is 0 Å². The first-order chi connectivity index (χ1) is 12.5. The molecule has 1 aliphatic heterocycles. The van der Waals surface area contributed by atoms with E-state index in [4.69, 9.17) is 9.15 Å². The first kappa shape index (κ1) is 17.1. The number of rotatable bonds is 4. The van der Waals surface area contributed by atoms with Gasteiger partial charge in [0.05, 0.1) is 12.0 Å². The van der Waals surface area contributed by atoms with Crippen LogP contribution in [-0.2, 0) is 16.0 Å². The molecule has 2 atom stereocenters. The number of esters is 1. The summed E-state index contributed by atoms with van der Waals surface area (Å²) in [5, 5.41) is 2.79. The van der Waals surface area contributed by atoms with Gasteiger partial charge in [-0.2, -0.15) is 0 Å². The second-order valence-corrected chi connectivity index (χ2v) is 7.80. The second-order valence-electron chi connectivity index (χ2n) is 7.01. The third-order valence-electron chi connectivity index (χ3n) is 5.23. The van der Waals surface area contributed by atoms with Crippen molar-refractivity contribution in [2.45, 2.75) is 19.3 Å². The van der Waals surface area contributed by atoms with E-state index in [9.17, 15) is 9.59 Å². The molecule has 1 aromatic carbocycles. The topological polar surface area (TPSA) is 68.5 Å². The van der Waals surface area contributed by atoms with Gasteiger partial charge in [-0.25, -0.2) is 0 Å². The van der Waals surface area contributed by atoms with Crippen LogP contribution in [0.15, 0.2) is 57.6 Å². The summed E-state index contributed by atoms with van der Waals surface area (Å²) < 4.78 is 11.1. The van der Waals surface area contributed by atoms with Crippen molar-refractivity contribution in [1.82, 2.24) is 0 Å². The van der Waals surface area contributed by atoms with Crippen molar-refractivity contribution < 1.29 is 18.7 Å². The first-order valence-corrected chi connectivity index (χ1v) is 9.25. The minimum atomic E-state index is -0.470. The number of hydrogen-bond acceptors (Lipinski definition) is 4. The summed E-state index contributed by atoms with van der Waals surface area (Å²) >= 11 is 3.18. The molecule has 1 aromatic heterocycles. The third-order valence-corrected chi connectivity index (χ3v) is 5.66. The van der Waals surface area contributed by atoms with Crippen LogP contribution in [0, 0.1) is 11.3 Å². The maximum atomic E-state index is 12.4. The molecule has 1 amide bonds. The Kier molecular flexibility index (Phi) is 4.23. The number of hydrogen-bond donors (Lipinski definition) is 1. The molecular formula is C20H18BrNO4. The van der Waals surface area contributed by atoms with Crippen LogP contribution in [0.2, 0.25) is 0 Å². The Hall–Kier alpha value is -2.34. The van der Waals surface area contributed by atoms with Gasteiger partial charge in [-0.05, 0) is 65.0 Å². The molecule has 2 aliphatic rings. The van der Waals surface area contributed by atoms with Gasteiger partial charge in [0.25, 0.3) is 5.91 Å². The fraction of sp³-hybridized carbons (Fsp3) is 0.300. The molecule has 4 rings (SSSR count). The van der Waals surface area contributed by atoms with E-state index in [0.29, 0.717) is 29.8 Å². The van der Waals surface area contributed by atoms with Gasteiger partial charge in [-0.1, -0.05) is 24.3 Å². The van der Waals surface area contributed by atoms with E-state index in [2.05, 4.69) is 27.8 Å². The highest BCUT2D eigenvalue weighted by molar-refractivity contribution is 9.10. The molecule has 0 radical (unpaired) electrons. The number of anilines is 1. The normalized spacial score (nSPS) is 24.4. The number of carbonyl (C=O) groups is 2. The van der Waals surface area contributed by atoms with Crippen LogP contribution in [0.4, 0.5) is 5.69 Å². The number of cyclic esters (lactones) is 1. The molecular weight excluding hydrogens is 398 g/mol. The SMILES string of the molecule is C=C1CC2COC(=O)C2(Cc2ccc(NC(=O)c3ccc(Br)o3)cc2)C1. The lowest BCUT2D eigenvalue weighted by atomic mass is 9.75. The zero-order chi connectivity index (χ0) is 18.3. The molecule has 2 aromatic rings. The van der Waals surface area contributed by atoms with Gasteiger partial charge in [0, 0.05) is 11.6 Å². The molecule has 2 unspecified atom stereocenters. The average Bonchev–Trinajstić information content (AvgIpc) is 3.25. The summed E-state index contributed by atoms with van der Waals surface area (Å²) in [5.74, 6) is 0.0376. The Morgan fingerprint density at radius 2 is 2.04 bits per heavy atom. The molecule has 5 nitrogen and oxygen atoms in total. The van der Waals surface area contributed by atoms with E-state index < -0.39 is 5.41 Å². The van der Waals surface area contributed by atoms with Gasteiger partial charge >= 0.3 is 5.97 Å². The molecule has 0 spiro atoms. The van der Waals surface area contributed by atoms with Crippen LogP contribution in [0.1, 0.15) is 29.0 Å². The third kappa shape index (κ3) is 2.98. The molecule has 134 valence electrons. The quantitative estimate of drug-likeness (QED) is 0.595. The molecule has 1 saturated carbocycles. The van der Waals surface area contributed by atoms with Gasteiger partial charge in [0.1, 0.15) is 0 Å². The highest BCUT2D eigenvalue weighted by Crippen LogP contribution is 2.52. The summed E-state index contributed by atoms with van der Waals surface area (Å²) in [6, 6.07) is 10.8. The van der Waals surface area contributed by atoms with Crippen LogP contribution in [0.3, 0.4) is 0 Å². The maximum absolute atomic E-state index is 12.4. The zero-order valence-electron chi connectivity index (χ0n) is 14.1. The van der Waals surface area contributed by atoms with Crippen molar-refractivity contribution in [3.05, 3.63) is 64.5 Å². The molecule has 1 saturated heterocycles. The van der Waals surface area contributed by atoms with Crippen molar-refractivity contribution in [3.63, 3.8) is 0 Å². The maximum Gasteiger partial charge on any atom is 0.313 e. The number of benzene rings is 1. The van der Waals surface area contributed by atoms with Gasteiger partial charge in [-0.15, -0.1) is 0 Å². The molecule has 1 N–H and O–H groups in total. The van der Waals surface area contributed by atoms with E-state index in [0.717, 1.165) is 17.6 Å². The summed E-state index contributed by atoms with van der Waals surface area (Å²) in [6.45, 7) is 4.56. The number of ether oxygens (including phenoxy) is 1. The first-order valence-electron chi connectivity index (χ1n) is 8.46. The number of amides is 1. The lowest BCUT2D eigenvalue weighted by molar-refractivity contribution is -0.146. The minimum absolute atomic E-state index is 0.109. The van der Waals surface area contributed by atoms with Gasteiger partial charge in [0.2, 0.25) is 0 Å². The number of halogens is 1. The van der Waals surface area contributed by atoms with Crippen LogP contribution in [0.25, 0.3) is 0 Å². The molecule has 26 heavy (non-hydrogen) atoms. The highest BCUT2D eigenvalue weighted by Gasteiger charge is 2.55. The van der Waals surface area contributed by atoms with Gasteiger partial charge in [-0.3, -0.25) is 9.59 Å². The minimum Gasteiger partial charge on any atom is -0.465 e. The molecule has 1 aliphatic carbocycles. The smallest absolute Gasteiger partial charge is 0.313 e. The van der Waals surface area contributed by atoms with Gasteiger partial charge in [0.15, 0.2) is 10.4 Å². The van der Waals surface area contributed by atoms with E-state index in [1.165, 1.54) is 0 Å². The Morgan fingerprint density at radius 1 is 1.27 bits per heavy atom. The molecule has 2 heterocycles. The summed E-state index contributed by atoms with van der Waals surface area (Å²) in [4.78, 5) is 24.5.